The van der Waals surface area contributed by atoms with Gasteiger partial charge in [-0.25, -0.2) is 9.78 Å². The Morgan fingerprint density at radius 3 is 2.65 bits per heavy atom. The van der Waals surface area contributed by atoms with Crippen molar-refractivity contribution >= 4 is 39.0 Å². The SMILES string of the molecule is COC(=O)[C@@H](C)Oc1cccc(C=Nn2c(C(C)(C)C)nc3ccc(Br)cc3c2=O)c1. The zero-order valence-corrected chi connectivity index (χ0v) is 19.6. The molecule has 0 aliphatic heterocycles. The van der Waals surface area contributed by atoms with E-state index in [0.717, 1.165) is 4.47 Å². The maximum Gasteiger partial charge on any atom is 0.346 e. The first-order valence-corrected chi connectivity index (χ1v) is 10.5. The fourth-order valence-electron chi connectivity index (χ4n) is 2.95. The summed E-state index contributed by atoms with van der Waals surface area (Å²) in [6.07, 6.45) is 0.827. The van der Waals surface area contributed by atoms with E-state index in [0.29, 0.717) is 28.0 Å². The molecule has 0 saturated heterocycles. The Morgan fingerprint density at radius 2 is 1.97 bits per heavy atom. The number of esters is 1. The predicted octanol–water partition coefficient (Wildman–Crippen LogP) is 4.28. The van der Waals surface area contributed by atoms with Gasteiger partial charge in [-0.2, -0.15) is 9.78 Å². The van der Waals surface area contributed by atoms with Gasteiger partial charge in [-0.3, -0.25) is 4.79 Å². The number of aromatic nitrogens is 2. The lowest BCUT2D eigenvalue weighted by atomic mass is 9.95. The lowest BCUT2D eigenvalue weighted by molar-refractivity contribution is -0.147. The molecule has 1 aromatic heterocycles. The Hall–Kier alpha value is -3.00. The molecule has 1 heterocycles. The molecule has 3 rings (SSSR count). The molecular weight excluding hydrogens is 462 g/mol. The molecule has 0 N–H and O–H groups in total. The third-order valence-corrected chi connectivity index (χ3v) is 5.00. The fraction of sp³-hybridized carbons (Fsp3) is 0.304. The van der Waals surface area contributed by atoms with E-state index < -0.39 is 17.5 Å². The maximum absolute atomic E-state index is 13.2. The van der Waals surface area contributed by atoms with E-state index in [1.807, 2.05) is 39.0 Å². The number of carbonyl (C=O) groups is 1. The summed E-state index contributed by atoms with van der Waals surface area (Å²) in [6.45, 7) is 7.55. The molecule has 0 aliphatic carbocycles. The van der Waals surface area contributed by atoms with Gasteiger partial charge in [0.1, 0.15) is 11.6 Å². The number of methoxy groups -OCH3 is 1. The summed E-state index contributed by atoms with van der Waals surface area (Å²) in [5, 5.41) is 4.92. The minimum atomic E-state index is -0.740. The quantitative estimate of drug-likeness (QED) is 0.397. The summed E-state index contributed by atoms with van der Waals surface area (Å²) in [6, 6.07) is 12.5. The van der Waals surface area contributed by atoms with Crippen LogP contribution in [-0.2, 0) is 14.9 Å². The monoisotopic (exact) mass is 485 g/mol. The molecule has 0 aliphatic rings. The van der Waals surface area contributed by atoms with E-state index in [4.69, 9.17) is 9.72 Å². The summed E-state index contributed by atoms with van der Waals surface area (Å²) in [5.41, 5.74) is 0.671. The average molecular weight is 486 g/mol. The van der Waals surface area contributed by atoms with Gasteiger partial charge in [0.2, 0.25) is 0 Å². The molecule has 0 radical (unpaired) electrons. The smallest absolute Gasteiger partial charge is 0.346 e. The number of halogens is 1. The second-order valence-electron chi connectivity index (χ2n) is 8.06. The van der Waals surface area contributed by atoms with Crippen LogP contribution in [0.15, 0.2) is 56.8 Å². The van der Waals surface area contributed by atoms with Gasteiger partial charge in [0.25, 0.3) is 5.56 Å². The molecule has 1 atom stereocenters. The molecule has 3 aromatic rings. The highest BCUT2D eigenvalue weighted by Gasteiger charge is 2.23. The van der Waals surface area contributed by atoms with Crippen LogP contribution >= 0.6 is 15.9 Å². The molecule has 0 spiro atoms. The first kappa shape index (κ1) is 22.7. The number of hydrogen-bond donors (Lipinski definition) is 0. The first-order valence-electron chi connectivity index (χ1n) is 9.72. The van der Waals surface area contributed by atoms with Crippen molar-refractivity contribution in [3.63, 3.8) is 0 Å². The zero-order valence-electron chi connectivity index (χ0n) is 18.0. The minimum absolute atomic E-state index is 0.251. The van der Waals surface area contributed by atoms with Crippen molar-refractivity contribution in [3.8, 4) is 5.75 Å². The summed E-state index contributed by atoms with van der Waals surface area (Å²) < 4.78 is 12.4. The number of hydrogen-bond acceptors (Lipinski definition) is 6. The van der Waals surface area contributed by atoms with Crippen molar-refractivity contribution in [2.24, 2.45) is 5.10 Å². The fourth-order valence-corrected chi connectivity index (χ4v) is 3.31. The lowest BCUT2D eigenvalue weighted by Gasteiger charge is -2.20. The molecule has 0 bridgehead atoms. The highest BCUT2D eigenvalue weighted by Crippen LogP contribution is 2.23. The molecule has 31 heavy (non-hydrogen) atoms. The molecule has 0 amide bonds. The van der Waals surface area contributed by atoms with Crippen molar-refractivity contribution in [1.29, 1.82) is 0 Å². The van der Waals surface area contributed by atoms with Crippen molar-refractivity contribution in [1.82, 2.24) is 9.66 Å². The summed E-state index contributed by atoms with van der Waals surface area (Å²) >= 11 is 3.41. The second kappa shape index (κ2) is 9.01. The Morgan fingerprint density at radius 1 is 1.23 bits per heavy atom. The van der Waals surface area contributed by atoms with Gasteiger partial charge in [0, 0.05) is 9.89 Å². The largest absolute Gasteiger partial charge is 0.479 e. The van der Waals surface area contributed by atoms with Crippen LogP contribution in [-0.4, -0.2) is 35.1 Å². The van der Waals surface area contributed by atoms with Crippen LogP contribution in [0.3, 0.4) is 0 Å². The second-order valence-corrected chi connectivity index (χ2v) is 8.98. The van der Waals surface area contributed by atoms with Gasteiger partial charge in [0.05, 0.1) is 24.2 Å². The third-order valence-electron chi connectivity index (χ3n) is 4.51. The van der Waals surface area contributed by atoms with E-state index in [9.17, 15) is 9.59 Å². The zero-order chi connectivity index (χ0) is 22.8. The highest BCUT2D eigenvalue weighted by molar-refractivity contribution is 9.10. The van der Waals surface area contributed by atoms with E-state index in [-0.39, 0.29) is 5.56 Å². The van der Waals surface area contributed by atoms with Crippen LogP contribution < -0.4 is 10.3 Å². The van der Waals surface area contributed by atoms with Crippen LogP contribution in [0, 0.1) is 0 Å². The number of fused-ring (bicyclic) bond motifs is 1. The third kappa shape index (κ3) is 5.19. The van der Waals surface area contributed by atoms with Crippen LogP contribution in [0.5, 0.6) is 5.75 Å². The Bertz CT molecular complexity index is 1210. The van der Waals surface area contributed by atoms with E-state index in [1.54, 1.807) is 37.4 Å². The summed E-state index contributed by atoms with van der Waals surface area (Å²) in [7, 11) is 1.31. The van der Waals surface area contributed by atoms with Gasteiger partial charge in [-0.15, -0.1) is 0 Å². The molecule has 2 aromatic carbocycles. The van der Waals surface area contributed by atoms with Gasteiger partial charge < -0.3 is 9.47 Å². The molecule has 0 fully saturated rings. The molecular formula is C23H24BrN3O4. The van der Waals surface area contributed by atoms with Crippen LogP contribution in [0.2, 0.25) is 0 Å². The predicted molar refractivity (Wildman–Crippen MR) is 124 cm³/mol. The summed E-state index contributed by atoms with van der Waals surface area (Å²) in [4.78, 5) is 29.5. The molecule has 7 nitrogen and oxygen atoms in total. The average Bonchev–Trinajstić information content (AvgIpc) is 2.72. The lowest BCUT2D eigenvalue weighted by Crippen LogP contribution is -2.29. The van der Waals surface area contributed by atoms with E-state index in [1.165, 1.54) is 11.8 Å². The van der Waals surface area contributed by atoms with Gasteiger partial charge in [-0.1, -0.05) is 48.8 Å². The number of rotatable bonds is 5. The van der Waals surface area contributed by atoms with Gasteiger partial charge >= 0.3 is 5.97 Å². The molecule has 8 heteroatoms. The number of nitrogens with zero attached hydrogens (tertiary/aromatic N) is 3. The van der Waals surface area contributed by atoms with Crippen LogP contribution in [0.25, 0.3) is 10.9 Å². The van der Waals surface area contributed by atoms with Crippen LogP contribution in [0.4, 0.5) is 0 Å². The standard InChI is InChI=1S/C23H24BrN3O4/c1-14(21(29)30-5)31-17-8-6-7-15(11-17)13-25-27-20(28)18-12-16(24)9-10-19(18)26-22(27)23(2,3)4/h6-14H,1-5H3/t14-/m1/s1. The van der Waals surface area contributed by atoms with Crippen molar-refractivity contribution < 1.29 is 14.3 Å². The van der Waals surface area contributed by atoms with E-state index in [2.05, 4.69) is 25.8 Å². The topological polar surface area (TPSA) is 82.8 Å². The Kier molecular flexibility index (Phi) is 6.59. The minimum Gasteiger partial charge on any atom is -0.479 e. The normalized spacial score (nSPS) is 12.8. The highest BCUT2D eigenvalue weighted by atomic mass is 79.9. The van der Waals surface area contributed by atoms with E-state index >= 15 is 0 Å². The molecule has 162 valence electrons. The Labute approximate surface area is 188 Å². The molecule has 0 unspecified atom stereocenters. The first-order chi connectivity index (χ1) is 14.6. The molecule has 0 saturated carbocycles. The number of ether oxygens (including phenoxy) is 2. The van der Waals surface area contributed by atoms with Crippen LogP contribution in [0.1, 0.15) is 39.1 Å². The summed E-state index contributed by atoms with van der Waals surface area (Å²) in [5.74, 6) is 0.579. The van der Waals surface area contributed by atoms with Gasteiger partial charge in [0.15, 0.2) is 6.10 Å². The number of carbonyl (C=O) groups excluding carboxylic acids is 1. The van der Waals surface area contributed by atoms with Crippen molar-refractivity contribution in [2.75, 3.05) is 7.11 Å². The van der Waals surface area contributed by atoms with Gasteiger partial charge in [-0.05, 0) is 42.8 Å². The van der Waals surface area contributed by atoms with Crippen molar-refractivity contribution in [3.05, 3.63) is 68.7 Å². The maximum atomic E-state index is 13.2. The number of benzene rings is 2. The Balaban J connectivity index is 2.03. The van der Waals surface area contributed by atoms with Crippen molar-refractivity contribution in [2.45, 2.75) is 39.2 Å².